The van der Waals surface area contributed by atoms with Gasteiger partial charge in [-0.2, -0.15) is 39.5 Å². The molecule has 0 aromatic heterocycles. The van der Waals surface area contributed by atoms with Crippen molar-refractivity contribution in [1.82, 2.24) is 0 Å². The first-order valence-corrected chi connectivity index (χ1v) is 5.73. The summed E-state index contributed by atoms with van der Waals surface area (Å²) in [6.45, 7) is 2.77. The molecule has 0 N–H and O–H groups in total. The molecule has 0 amide bonds. The van der Waals surface area contributed by atoms with Crippen molar-refractivity contribution in [3.8, 4) is 0 Å². The largest absolute Gasteiger partial charge is 0.453 e. The van der Waals surface area contributed by atoms with Gasteiger partial charge >= 0.3 is 29.9 Å². The highest BCUT2D eigenvalue weighted by molar-refractivity contribution is 5.81. The van der Waals surface area contributed by atoms with Gasteiger partial charge in [-0.05, 0) is 0 Å². The van der Waals surface area contributed by atoms with Crippen LogP contribution in [0.5, 0.6) is 0 Å². The Morgan fingerprint density at radius 2 is 1.35 bits per heavy atom. The third-order valence-electron chi connectivity index (χ3n) is 2.53. The van der Waals surface area contributed by atoms with E-state index in [4.69, 9.17) is 0 Å². The van der Waals surface area contributed by atoms with Crippen molar-refractivity contribution in [3.05, 3.63) is 12.7 Å². The maximum absolute atomic E-state index is 13.1. The van der Waals surface area contributed by atoms with E-state index in [1.165, 1.54) is 0 Å². The van der Waals surface area contributed by atoms with Crippen molar-refractivity contribution in [1.29, 1.82) is 0 Å². The predicted octanol–water partition coefficient (Wildman–Crippen LogP) is 4.65. The number of ether oxygens (including phenoxy) is 1. The molecule has 0 aromatic carbocycles. The van der Waals surface area contributed by atoms with E-state index in [1.54, 1.807) is 0 Å². The smallest absolute Gasteiger partial charge is 0.428 e. The highest BCUT2D eigenvalue weighted by atomic mass is 19.4. The van der Waals surface area contributed by atoms with Gasteiger partial charge in [0.05, 0.1) is 6.42 Å². The van der Waals surface area contributed by atoms with Crippen molar-refractivity contribution >= 4 is 5.97 Å². The van der Waals surface area contributed by atoms with Crippen LogP contribution in [0.4, 0.5) is 43.9 Å². The van der Waals surface area contributed by atoms with Crippen LogP contribution < -0.4 is 0 Å². The molecule has 12 heteroatoms. The molecule has 136 valence electrons. The van der Waals surface area contributed by atoms with E-state index in [0.717, 1.165) is 0 Å². The lowest BCUT2D eigenvalue weighted by molar-refractivity contribution is -0.295. The first-order chi connectivity index (χ1) is 10.1. The van der Waals surface area contributed by atoms with E-state index in [0.29, 0.717) is 6.08 Å². The minimum absolute atomic E-state index is 0.340. The monoisotopic (exact) mass is 364 g/mol. The van der Waals surface area contributed by atoms with Crippen LogP contribution in [0.2, 0.25) is 0 Å². The number of carbonyl (C=O) groups excluding carboxylic acids is 1. The molecule has 0 aliphatic rings. The van der Waals surface area contributed by atoms with Gasteiger partial charge in [0.15, 0.2) is 0 Å². The van der Waals surface area contributed by atoms with E-state index in [2.05, 4.69) is 11.3 Å². The maximum atomic E-state index is 13.1. The van der Waals surface area contributed by atoms with Crippen LogP contribution in [0, 0.1) is 0 Å². The normalized spacial score (nSPS) is 15.2. The number of carbonyl (C=O) groups is 1. The third kappa shape index (κ3) is 5.90. The van der Waals surface area contributed by atoms with Gasteiger partial charge < -0.3 is 4.74 Å². The fourth-order valence-electron chi connectivity index (χ4n) is 1.21. The van der Waals surface area contributed by atoms with Gasteiger partial charge in [-0.1, -0.05) is 6.58 Å². The Morgan fingerprint density at radius 3 is 1.74 bits per heavy atom. The SMILES string of the molecule is C=CC(=O)OC(F)CC(F)(F)C(F)(F)CCC(F)(F)C(F)(F)F. The minimum atomic E-state index is -6.19. The van der Waals surface area contributed by atoms with Crippen LogP contribution in [0.15, 0.2) is 12.7 Å². The van der Waals surface area contributed by atoms with Crippen molar-refractivity contribution in [2.24, 2.45) is 0 Å². The zero-order valence-electron chi connectivity index (χ0n) is 11.1. The summed E-state index contributed by atoms with van der Waals surface area (Å²) in [6.07, 6.45) is -16.7. The molecule has 0 bridgehead atoms. The number of hydrogen-bond acceptors (Lipinski definition) is 2. The molecule has 1 unspecified atom stereocenters. The lowest BCUT2D eigenvalue weighted by atomic mass is 10.0. The van der Waals surface area contributed by atoms with Crippen molar-refractivity contribution in [3.63, 3.8) is 0 Å². The Bertz CT molecular complexity index is 429. The molecule has 2 nitrogen and oxygen atoms in total. The molecule has 0 aromatic rings. The Labute approximate surface area is 123 Å². The number of alkyl halides is 10. The van der Waals surface area contributed by atoms with Crippen molar-refractivity contribution in [2.75, 3.05) is 0 Å². The summed E-state index contributed by atoms with van der Waals surface area (Å²) in [6, 6.07) is 0. The van der Waals surface area contributed by atoms with Crippen LogP contribution in [0.3, 0.4) is 0 Å². The minimum Gasteiger partial charge on any atom is -0.428 e. The molecule has 0 heterocycles. The van der Waals surface area contributed by atoms with E-state index in [1.807, 2.05) is 0 Å². The zero-order chi connectivity index (χ0) is 18.7. The molecule has 0 saturated carbocycles. The second-order valence-corrected chi connectivity index (χ2v) is 4.37. The summed E-state index contributed by atoms with van der Waals surface area (Å²) in [4.78, 5) is 10.5. The highest BCUT2D eigenvalue weighted by Crippen LogP contribution is 2.46. The Balaban J connectivity index is 4.90. The molecule has 0 saturated heterocycles. The van der Waals surface area contributed by atoms with Crippen LogP contribution in [0.25, 0.3) is 0 Å². The summed E-state index contributed by atoms with van der Waals surface area (Å²) in [7, 11) is 0. The van der Waals surface area contributed by atoms with Crippen molar-refractivity contribution < 1.29 is 53.4 Å². The standard InChI is InChI=1S/C11H10F10O2/c1-2-7(22)23-6(12)5-10(17,18)8(13,14)3-4-9(15,16)11(19,20)21/h2,6H,1,3-5H2. The summed E-state index contributed by atoms with van der Waals surface area (Å²) in [5, 5.41) is 0. The van der Waals surface area contributed by atoms with Crippen LogP contribution in [-0.2, 0) is 9.53 Å². The topological polar surface area (TPSA) is 26.3 Å². The quantitative estimate of drug-likeness (QED) is 0.356. The average molecular weight is 364 g/mol. The van der Waals surface area contributed by atoms with Crippen molar-refractivity contribution in [2.45, 2.75) is 49.6 Å². The lowest BCUT2D eigenvalue weighted by Crippen LogP contribution is -2.45. The second kappa shape index (κ2) is 6.95. The van der Waals surface area contributed by atoms with Gasteiger partial charge in [0.25, 0.3) is 0 Å². The number of halogens is 10. The summed E-state index contributed by atoms with van der Waals surface area (Å²) >= 11 is 0. The Kier molecular flexibility index (Phi) is 6.50. The van der Waals surface area contributed by atoms with Gasteiger partial charge in [-0.3, -0.25) is 0 Å². The highest BCUT2D eigenvalue weighted by Gasteiger charge is 2.62. The molecule has 0 radical (unpaired) electrons. The summed E-state index contributed by atoms with van der Waals surface area (Å²) < 4.78 is 129. The second-order valence-electron chi connectivity index (χ2n) is 4.37. The average Bonchev–Trinajstić information content (AvgIpc) is 2.34. The molecule has 0 spiro atoms. The van der Waals surface area contributed by atoms with Gasteiger partial charge in [-0.25, -0.2) is 9.18 Å². The molecule has 23 heavy (non-hydrogen) atoms. The van der Waals surface area contributed by atoms with Crippen LogP contribution >= 0.6 is 0 Å². The molecule has 0 aliphatic heterocycles. The van der Waals surface area contributed by atoms with Crippen LogP contribution in [-0.4, -0.2) is 36.3 Å². The molecular weight excluding hydrogens is 354 g/mol. The van der Waals surface area contributed by atoms with Gasteiger partial charge in [0.2, 0.25) is 6.36 Å². The number of hydrogen-bond donors (Lipinski definition) is 0. The van der Waals surface area contributed by atoms with E-state index < -0.39 is 55.5 Å². The Morgan fingerprint density at radius 1 is 0.913 bits per heavy atom. The third-order valence-corrected chi connectivity index (χ3v) is 2.53. The predicted molar refractivity (Wildman–Crippen MR) is 55.9 cm³/mol. The number of rotatable bonds is 8. The first kappa shape index (κ1) is 21.5. The maximum Gasteiger partial charge on any atom is 0.453 e. The van der Waals surface area contributed by atoms with Gasteiger partial charge in [0, 0.05) is 18.9 Å². The summed E-state index contributed by atoms with van der Waals surface area (Å²) in [5.41, 5.74) is 0. The molecule has 0 rings (SSSR count). The molecule has 0 aliphatic carbocycles. The zero-order valence-corrected chi connectivity index (χ0v) is 11.1. The van der Waals surface area contributed by atoms with Gasteiger partial charge in [0.1, 0.15) is 0 Å². The first-order valence-electron chi connectivity index (χ1n) is 5.73. The molecule has 0 fully saturated rings. The summed E-state index contributed by atoms with van der Waals surface area (Å²) in [5.74, 6) is -17.9. The van der Waals surface area contributed by atoms with E-state index >= 15 is 0 Å². The van der Waals surface area contributed by atoms with Gasteiger partial charge in [-0.15, -0.1) is 0 Å². The van der Waals surface area contributed by atoms with E-state index in [9.17, 15) is 48.7 Å². The molecular formula is C11H10F10O2. The lowest BCUT2D eigenvalue weighted by Gasteiger charge is -2.29. The fourth-order valence-corrected chi connectivity index (χ4v) is 1.21. The Hall–Kier alpha value is -1.49. The molecule has 1 atom stereocenters. The van der Waals surface area contributed by atoms with E-state index in [-0.39, 0.29) is 0 Å². The van der Waals surface area contributed by atoms with Crippen LogP contribution in [0.1, 0.15) is 19.3 Å². The fraction of sp³-hybridized carbons (Fsp3) is 0.727. The number of esters is 1.